The van der Waals surface area contributed by atoms with E-state index >= 15 is 0 Å². The standard InChI is InChI=1S/C13H12N2O5S/c1-9-5-2-3-8-12(9)21(19,20)14-13-10(15(17)18)6-4-7-11(13)16/h2-8,14,16H,1H3. The minimum absolute atomic E-state index is 0.0115. The summed E-state index contributed by atoms with van der Waals surface area (Å²) in [6.07, 6.45) is 0. The number of para-hydroxylation sites is 1. The molecular formula is C13H12N2O5S. The Bertz CT molecular complexity index is 802. The van der Waals surface area contributed by atoms with E-state index in [2.05, 4.69) is 4.72 Å². The summed E-state index contributed by atoms with van der Waals surface area (Å²) in [4.78, 5) is 10.1. The molecule has 0 aliphatic rings. The van der Waals surface area contributed by atoms with Gasteiger partial charge in [0.2, 0.25) is 0 Å². The lowest BCUT2D eigenvalue weighted by atomic mass is 10.2. The van der Waals surface area contributed by atoms with Crippen molar-refractivity contribution in [1.29, 1.82) is 0 Å². The Hall–Kier alpha value is -2.61. The minimum Gasteiger partial charge on any atom is -0.505 e. The first kappa shape index (κ1) is 14.8. The molecule has 0 saturated carbocycles. The number of aryl methyl sites for hydroxylation is 1. The van der Waals surface area contributed by atoms with Crippen LogP contribution in [0.4, 0.5) is 11.4 Å². The van der Waals surface area contributed by atoms with Gasteiger partial charge >= 0.3 is 0 Å². The third kappa shape index (κ3) is 2.95. The van der Waals surface area contributed by atoms with Crippen LogP contribution in [0.2, 0.25) is 0 Å². The average molecular weight is 308 g/mol. The summed E-state index contributed by atoms with van der Waals surface area (Å²) in [5.74, 6) is -0.513. The van der Waals surface area contributed by atoms with Gasteiger partial charge in [-0.1, -0.05) is 24.3 Å². The predicted octanol–water partition coefficient (Wildman–Crippen LogP) is 2.41. The van der Waals surface area contributed by atoms with E-state index in [9.17, 15) is 23.6 Å². The highest BCUT2D eigenvalue weighted by molar-refractivity contribution is 7.92. The van der Waals surface area contributed by atoms with Crippen molar-refractivity contribution in [3.8, 4) is 5.75 Å². The number of phenols is 1. The van der Waals surface area contributed by atoms with Crippen LogP contribution < -0.4 is 4.72 Å². The maximum absolute atomic E-state index is 12.3. The van der Waals surface area contributed by atoms with Crippen molar-refractivity contribution in [1.82, 2.24) is 0 Å². The second-order valence-electron chi connectivity index (χ2n) is 4.30. The van der Waals surface area contributed by atoms with Gasteiger partial charge in [0, 0.05) is 6.07 Å². The van der Waals surface area contributed by atoms with Gasteiger partial charge in [-0.15, -0.1) is 0 Å². The highest BCUT2D eigenvalue weighted by Gasteiger charge is 2.24. The molecule has 0 atom stereocenters. The number of nitrogens with one attached hydrogen (secondary N) is 1. The summed E-state index contributed by atoms with van der Waals surface area (Å²) < 4.78 is 26.7. The second-order valence-corrected chi connectivity index (χ2v) is 5.95. The van der Waals surface area contributed by atoms with Crippen LogP contribution in [0.5, 0.6) is 5.75 Å². The van der Waals surface area contributed by atoms with Gasteiger partial charge in [0.15, 0.2) is 5.69 Å². The number of hydrogen-bond donors (Lipinski definition) is 2. The number of hydrogen-bond acceptors (Lipinski definition) is 5. The number of aromatic hydroxyl groups is 1. The van der Waals surface area contributed by atoms with Crippen LogP contribution in [0.25, 0.3) is 0 Å². The molecule has 0 fully saturated rings. The molecule has 0 unspecified atom stereocenters. The zero-order chi connectivity index (χ0) is 15.6. The van der Waals surface area contributed by atoms with Crippen molar-refractivity contribution >= 4 is 21.4 Å². The highest BCUT2D eigenvalue weighted by Crippen LogP contribution is 2.35. The van der Waals surface area contributed by atoms with Crippen molar-refractivity contribution in [3.63, 3.8) is 0 Å². The smallest absolute Gasteiger partial charge is 0.297 e. The first-order valence-electron chi connectivity index (χ1n) is 5.88. The molecule has 110 valence electrons. The Morgan fingerprint density at radius 3 is 2.43 bits per heavy atom. The molecule has 0 amide bonds. The Balaban J connectivity index is 2.52. The van der Waals surface area contributed by atoms with Crippen molar-refractivity contribution < 1.29 is 18.4 Å². The normalized spacial score (nSPS) is 11.1. The topological polar surface area (TPSA) is 110 Å². The van der Waals surface area contributed by atoms with E-state index in [0.717, 1.165) is 6.07 Å². The number of sulfonamides is 1. The van der Waals surface area contributed by atoms with Gasteiger partial charge in [0.25, 0.3) is 15.7 Å². The van der Waals surface area contributed by atoms with Gasteiger partial charge < -0.3 is 5.11 Å². The number of phenolic OH excluding ortho intramolecular Hbond substituents is 1. The van der Waals surface area contributed by atoms with Crippen LogP contribution in [0.1, 0.15) is 5.56 Å². The largest absolute Gasteiger partial charge is 0.505 e. The molecule has 2 rings (SSSR count). The Labute approximate surface area is 121 Å². The van der Waals surface area contributed by atoms with E-state index in [1.54, 1.807) is 25.1 Å². The van der Waals surface area contributed by atoms with Gasteiger partial charge in [0.05, 0.1) is 9.82 Å². The molecule has 0 bridgehead atoms. The summed E-state index contributed by atoms with van der Waals surface area (Å²) in [6.45, 7) is 1.60. The molecule has 0 aliphatic heterocycles. The number of nitrogens with zero attached hydrogens (tertiary/aromatic N) is 1. The van der Waals surface area contributed by atoms with Crippen molar-refractivity contribution in [3.05, 3.63) is 58.1 Å². The fraction of sp³-hybridized carbons (Fsp3) is 0.0769. The first-order valence-corrected chi connectivity index (χ1v) is 7.36. The van der Waals surface area contributed by atoms with Crippen molar-refractivity contribution in [2.45, 2.75) is 11.8 Å². The fourth-order valence-corrected chi connectivity index (χ4v) is 3.17. The maximum Gasteiger partial charge on any atom is 0.297 e. The van der Waals surface area contributed by atoms with Crippen LogP contribution in [0.3, 0.4) is 0 Å². The number of rotatable bonds is 4. The van der Waals surface area contributed by atoms with E-state index < -0.39 is 32.1 Å². The Kier molecular flexibility index (Phi) is 3.81. The summed E-state index contributed by atoms with van der Waals surface area (Å²) in [5.41, 5.74) is -0.485. The Morgan fingerprint density at radius 2 is 1.81 bits per heavy atom. The maximum atomic E-state index is 12.3. The summed E-state index contributed by atoms with van der Waals surface area (Å²) in [5, 5.41) is 20.6. The van der Waals surface area contributed by atoms with E-state index in [-0.39, 0.29) is 4.90 Å². The van der Waals surface area contributed by atoms with Gasteiger partial charge in [0.1, 0.15) is 5.75 Å². The molecule has 0 saturated heterocycles. The molecule has 7 nitrogen and oxygen atoms in total. The highest BCUT2D eigenvalue weighted by atomic mass is 32.2. The third-order valence-electron chi connectivity index (χ3n) is 2.84. The molecule has 0 aromatic heterocycles. The van der Waals surface area contributed by atoms with Crippen LogP contribution in [-0.2, 0) is 10.0 Å². The van der Waals surface area contributed by atoms with E-state index in [4.69, 9.17) is 0 Å². The van der Waals surface area contributed by atoms with Crippen molar-refractivity contribution in [2.24, 2.45) is 0 Å². The van der Waals surface area contributed by atoms with Crippen molar-refractivity contribution in [2.75, 3.05) is 4.72 Å². The lowest BCUT2D eigenvalue weighted by Crippen LogP contribution is -2.15. The average Bonchev–Trinajstić information content (AvgIpc) is 2.41. The predicted molar refractivity (Wildman–Crippen MR) is 76.7 cm³/mol. The quantitative estimate of drug-likeness (QED) is 0.512. The number of nitro benzene ring substituents is 1. The minimum atomic E-state index is -4.04. The van der Waals surface area contributed by atoms with Crippen LogP contribution >= 0.6 is 0 Å². The SMILES string of the molecule is Cc1ccccc1S(=O)(=O)Nc1c(O)cccc1[N+](=O)[O-]. The Morgan fingerprint density at radius 1 is 1.14 bits per heavy atom. The number of anilines is 1. The molecular weight excluding hydrogens is 296 g/mol. The molecule has 0 heterocycles. The van der Waals surface area contributed by atoms with E-state index in [1.165, 1.54) is 18.2 Å². The molecule has 2 aromatic carbocycles. The first-order chi connectivity index (χ1) is 9.83. The van der Waals surface area contributed by atoms with Crippen LogP contribution in [0, 0.1) is 17.0 Å². The van der Waals surface area contributed by atoms with Crippen LogP contribution in [-0.4, -0.2) is 18.4 Å². The zero-order valence-electron chi connectivity index (χ0n) is 11.0. The lowest BCUT2D eigenvalue weighted by Gasteiger charge is -2.11. The van der Waals surface area contributed by atoms with E-state index in [1.807, 2.05) is 0 Å². The second kappa shape index (κ2) is 5.41. The zero-order valence-corrected chi connectivity index (χ0v) is 11.8. The van der Waals surface area contributed by atoms with Gasteiger partial charge in [-0.2, -0.15) is 0 Å². The molecule has 0 radical (unpaired) electrons. The molecule has 21 heavy (non-hydrogen) atoms. The van der Waals surface area contributed by atoms with Gasteiger partial charge in [-0.3, -0.25) is 14.8 Å². The third-order valence-corrected chi connectivity index (χ3v) is 4.35. The van der Waals surface area contributed by atoms with Gasteiger partial charge in [-0.25, -0.2) is 8.42 Å². The molecule has 0 spiro atoms. The molecule has 2 N–H and O–H groups in total. The van der Waals surface area contributed by atoms with Crippen LogP contribution in [0.15, 0.2) is 47.4 Å². The monoisotopic (exact) mass is 308 g/mol. The van der Waals surface area contributed by atoms with E-state index in [0.29, 0.717) is 5.56 Å². The number of nitro groups is 1. The molecule has 8 heteroatoms. The summed E-state index contributed by atoms with van der Waals surface area (Å²) in [7, 11) is -4.04. The lowest BCUT2D eigenvalue weighted by molar-refractivity contribution is -0.383. The fourth-order valence-electron chi connectivity index (χ4n) is 1.83. The molecule has 0 aliphatic carbocycles. The summed E-state index contributed by atoms with van der Waals surface area (Å²) in [6, 6.07) is 9.74. The molecule has 2 aromatic rings. The number of benzene rings is 2. The summed E-state index contributed by atoms with van der Waals surface area (Å²) >= 11 is 0. The van der Waals surface area contributed by atoms with Gasteiger partial charge in [-0.05, 0) is 24.6 Å².